The second-order valence-electron chi connectivity index (χ2n) is 4.29. The first-order valence-electron chi connectivity index (χ1n) is 5.82. The molecular formula is C11H22N2O2. The average molecular weight is 214 g/mol. The summed E-state index contributed by atoms with van der Waals surface area (Å²) in [6.45, 7) is 6.19. The molecule has 0 saturated carbocycles. The second-order valence-corrected chi connectivity index (χ2v) is 4.29. The molecule has 1 heterocycles. The Bertz CT molecular complexity index is 207. The number of ether oxygens (including phenoxy) is 1. The molecule has 0 atom stereocenters. The van der Waals surface area contributed by atoms with Crippen LogP contribution in [0.3, 0.4) is 0 Å². The SMILES string of the molecule is CCCC1(CCC)CN(C(N)=O)CCO1. The predicted molar refractivity (Wildman–Crippen MR) is 59.7 cm³/mol. The summed E-state index contributed by atoms with van der Waals surface area (Å²) in [5.41, 5.74) is 5.17. The monoisotopic (exact) mass is 214 g/mol. The lowest BCUT2D eigenvalue weighted by molar-refractivity contribution is -0.106. The van der Waals surface area contributed by atoms with Gasteiger partial charge < -0.3 is 15.4 Å². The summed E-state index contributed by atoms with van der Waals surface area (Å²) in [7, 11) is 0. The molecule has 4 heteroatoms. The summed E-state index contributed by atoms with van der Waals surface area (Å²) >= 11 is 0. The predicted octanol–water partition coefficient (Wildman–Crippen LogP) is 1.74. The Balaban J connectivity index is 2.65. The Hall–Kier alpha value is -0.770. The van der Waals surface area contributed by atoms with Crippen LogP contribution >= 0.6 is 0 Å². The maximum Gasteiger partial charge on any atom is 0.314 e. The molecule has 1 fully saturated rings. The van der Waals surface area contributed by atoms with Crippen molar-refractivity contribution in [3.63, 3.8) is 0 Å². The lowest BCUT2D eigenvalue weighted by atomic mass is 9.90. The molecule has 0 bridgehead atoms. The fourth-order valence-electron chi connectivity index (χ4n) is 2.37. The summed E-state index contributed by atoms with van der Waals surface area (Å²) in [4.78, 5) is 12.8. The number of carbonyl (C=O) groups is 1. The van der Waals surface area contributed by atoms with Gasteiger partial charge in [-0.2, -0.15) is 0 Å². The minimum Gasteiger partial charge on any atom is -0.371 e. The number of rotatable bonds is 4. The van der Waals surface area contributed by atoms with Crippen LogP contribution in [-0.4, -0.2) is 36.2 Å². The van der Waals surface area contributed by atoms with Gasteiger partial charge in [0.1, 0.15) is 0 Å². The molecule has 1 aliphatic rings. The molecule has 0 aromatic rings. The fraction of sp³-hybridized carbons (Fsp3) is 0.909. The third kappa shape index (κ3) is 3.09. The van der Waals surface area contributed by atoms with Crippen molar-refractivity contribution in [1.82, 2.24) is 4.90 Å². The quantitative estimate of drug-likeness (QED) is 0.775. The molecule has 0 radical (unpaired) electrons. The van der Waals surface area contributed by atoms with Crippen LogP contribution in [0.25, 0.3) is 0 Å². The Morgan fingerprint density at radius 3 is 2.47 bits per heavy atom. The number of nitrogens with zero attached hydrogens (tertiary/aromatic N) is 1. The number of urea groups is 1. The van der Waals surface area contributed by atoms with Gasteiger partial charge in [0.05, 0.1) is 18.8 Å². The first kappa shape index (κ1) is 12.3. The van der Waals surface area contributed by atoms with Crippen molar-refractivity contribution in [3.05, 3.63) is 0 Å². The highest BCUT2D eigenvalue weighted by Crippen LogP contribution is 2.28. The molecule has 1 rings (SSSR count). The Morgan fingerprint density at radius 1 is 1.40 bits per heavy atom. The van der Waals surface area contributed by atoms with Gasteiger partial charge in [-0.3, -0.25) is 0 Å². The van der Waals surface area contributed by atoms with E-state index in [-0.39, 0.29) is 11.6 Å². The number of amides is 2. The Labute approximate surface area is 91.8 Å². The number of nitrogens with two attached hydrogens (primary N) is 1. The Morgan fingerprint density at radius 2 is 2.00 bits per heavy atom. The van der Waals surface area contributed by atoms with Crippen LogP contribution in [0.2, 0.25) is 0 Å². The lowest BCUT2D eigenvalue weighted by Gasteiger charge is -2.42. The molecule has 0 aromatic heterocycles. The molecule has 0 aliphatic carbocycles. The van der Waals surface area contributed by atoms with E-state index in [1.165, 1.54) is 0 Å². The summed E-state index contributed by atoms with van der Waals surface area (Å²) in [5, 5.41) is 0. The maximum absolute atomic E-state index is 11.1. The lowest BCUT2D eigenvalue weighted by Crippen LogP contribution is -2.55. The molecule has 88 valence electrons. The zero-order chi connectivity index (χ0) is 11.3. The topological polar surface area (TPSA) is 55.6 Å². The van der Waals surface area contributed by atoms with E-state index in [1.807, 2.05) is 0 Å². The number of hydrogen-bond acceptors (Lipinski definition) is 2. The molecule has 0 spiro atoms. The summed E-state index contributed by atoms with van der Waals surface area (Å²) in [6.07, 6.45) is 4.16. The van der Waals surface area contributed by atoms with Gasteiger partial charge in [0, 0.05) is 6.54 Å². The third-order valence-electron chi connectivity index (χ3n) is 2.97. The second kappa shape index (κ2) is 5.35. The molecule has 2 N–H and O–H groups in total. The third-order valence-corrected chi connectivity index (χ3v) is 2.97. The normalized spacial score (nSPS) is 20.3. The number of primary amides is 1. The van der Waals surface area contributed by atoms with Gasteiger partial charge in [0.25, 0.3) is 0 Å². The number of carbonyl (C=O) groups excluding carboxylic acids is 1. The van der Waals surface area contributed by atoms with Crippen LogP contribution in [0, 0.1) is 0 Å². The van der Waals surface area contributed by atoms with E-state index in [4.69, 9.17) is 10.5 Å². The van der Waals surface area contributed by atoms with Crippen LogP contribution in [0.15, 0.2) is 0 Å². The summed E-state index contributed by atoms with van der Waals surface area (Å²) in [6, 6.07) is -0.324. The van der Waals surface area contributed by atoms with E-state index in [0.29, 0.717) is 19.7 Å². The molecular weight excluding hydrogens is 192 g/mol. The highest BCUT2D eigenvalue weighted by atomic mass is 16.5. The van der Waals surface area contributed by atoms with E-state index in [1.54, 1.807) is 4.90 Å². The largest absolute Gasteiger partial charge is 0.371 e. The summed E-state index contributed by atoms with van der Waals surface area (Å²) < 4.78 is 5.88. The molecule has 15 heavy (non-hydrogen) atoms. The van der Waals surface area contributed by atoms with E-state index in [9.17, 15) is 4.79 Å². The first-order chi connectivity index (χ1) is 7.13. The molecule has 2 amide bonds. The van der Waals surface area contributed by atoms with Crippen molar-refractivity contribution in [2.75, 3.05) is 19.7 Å². The standard InChI is InChI=1S/C11H22N2O2/c1-3-5-11(6-4-2)9-13(10(12)14)7-8-15-11/h3-9H2,1-2H3,(H2,12,14). The van der Waals surface area contributed by atoms with Crippen molar-refractivity contribution >= 4 is 6.03 Å². The zero-order valence-corrected chi connectivity index (χ0v) is 9.79. The first-order valence-corrected chi connectivity index (χ1v) is 5.82. The van der Waals surface area contributed by atoms with Gasteiger partial charge in [-0.1, -0.05) is 26.7 Å². The van der Waals surface area contributed by atoms with E-state index < -0.39 is 0 Å². The van der Waals surface area contributed by atoms with Gasteiger partial charge >= 0.3 is 6.03 Å². The highest BCUT2D eigenvalue weighted by molar-refractivity contribution is 5.72. The molecule has 1 aliphatic heterocycles. The van der Waals surface area contributed by atoms with Crippen molar-refractivity contribution in [2.24, 2.45) is 5.73 Å². The van der Waals surface area contributed by atoms with Crippen molar-refractivity contribution in [2.45, 2.75) is 45.1 Å². The van der Waals surface area contributed by atoms with E-state index >= 15 is 0 Å². The van der Waals surface area contributed by atoms with Crippen LogP contribution in [-0.2, 0) is 4.74 Å². The smallest absolute Gasteiger partial charge is 0.314 e. The van der Waals surface area contributed by atoms with Gasteiger partial charge in [-0.15, -0.1) is 0 Å². The summed E-state index contributed by atoms with van der Waals surface area (Å²) in [5.74, 6) is 0. The van der Waals surface area contributed by atoms with E-state index in [2.05, 4.69) is 13.8 Å². The minimum atomic E-state index is -0.324. The van der Waals surface area contributed by atoms with Crippen molar-refractivity contribution in [3.8, 4) is 0 Å². The molecule has 4 nitrogen and oxygen atoms in total. The van der Waals surface area contributed by atoms with Crippen LogP contribution in [0.4, 0.5) is 4.79 Å². The van der Waals surface area contributed by atoms with Crippen LogP contribution in [0.5, 0.6) is 0 Å². The Kier molecular flexibility index (Phi) is 4.39. The van der Waals surface area contributed by atoms with Crippen LogP contribution < -0.4 is 5.73 Å². The fourth-order valence-corrected chi connectivity index (χ4v) is 2.37. The minimum absolute atomic E-state index is 0.142. The van der Waals surface area contributed by atoms with Crippen molar-refractivity contribution < 1.29 is 9.53 Å². The van der Waals surface area contributed by atoms with Gasteiger partial charge in [0.15, 0.2) is 0 Å². The zero-order valence-electron chi connectivity index (χ0n) is 9.79. The van der Waals surface area contributed by atoms with Gasteiger partial charge in [-0.05, 0) is 12.8 Å². The van der Waals surface area contributed by atoms with Gasteiger partial charge in [-0.25, -0.2) is 4.79 Å². The maximum atomic E-state index is 11.1. The van der Waals surface area contributed by atoms with E-state index in [0.717, 1.165) is 25.7 Å². The van der Waals surface area contributed by atoms with Crippen molar-refractivity contribution in [1.29, 1.82) is 0 Å². The molecule has 1 saturated heterocycles. The molecule has 0 aromatic carbocycles. The average Bonchev–Trinajstić information content (AvgIpc) is 2.18. The van der Waals surface area contributed by atoms with Gasteiger partial charge in [0.2, 0.25) is 0 Å². The number of hydrogen-bond donors (Lipinski definition) is 1. The number of morpholine rings is 1. The van der Waals surface area contributed by atoms with Crippen LogP contribution in [0.1, 0.15) is 39.5 Å². The highest BCUT2D eigenvalue weighted by Gasteiger charge is 2.36. The molecule has 0 unspecified atom stereocenters.